The summed E-state index contributed by atoms with van der Waals surface area (Å²) in [6.07, 6.45) is 5.07. The van der Waals surface area contributed by atoms with E-state index in [9.17, 15) is 0 Å². The number of methoxy groups -OCH3 is 1. The molecule has 1 aromatic rings. The fourth-order valence-corrected chi connectivity index (χ4v) is 4.12. The Hall–Kier alpha value is -0.390. The van der Waals surface area contributed by atoms with Crippen LogP contribution >= 0.6 is 35.1 Å². The van der Waals surface area contributed by atoms with E-state index in [0.29, 0.717) is 22.6 Å². The second-order valence-corrected chi connectivity index (χ2v) is 7.87. The summed E-state index contributed by atoms with van der Waals surface area (Å²) in [6.45, 7) is 7.20. The van der Waals surface area contributed by atoms with E-state index in [-0.39, 0.29) is 0 Å². The highest BCUT2D eigenvalue weighted by Crippen LogP contribution is 2.34. The number of nitrogens with zero attached hydrogens (tertiary/aromatic N) is 1. The van der Waals surface area contributed by atoms with E-state index in [1.54, 1.807) is 13.2 Å². The maximum absolute atomic E-state index is 6.20. The number of halogens is 2. The maximum atomic E-state index is 6.20. The van der Waals surface area contributed by atoms with E-state index in [0.717, 1.165) is 43.2 Å². The van der Waals surface area contributed by atoms with Crippen LogP contribution in [0.4, 0.5) is 0 Å². The molecule has 1 aliphatic heterocycles. The van der Waals surface area contributed by atoms with Crippen LogP contribution in [0.15, 0.2) is 24.8 Å². The third-order valence-corrected chi connectivity index (χ3v) is 5.91. The molecule has 1 aliphatic rings. The molecule has 0 aromatic heterocycles. The van der Waals surface area contributed by atoms with Gasteiger partial charge in [0.1, 0.15) is 12.4 Å². The van der Waals surface area contributed by atoms with Crippen molar-refractivity contribution >= 4 is 35.1 Å². The lowest BCUT2D eigenvalue weighted by Crippen LogP contribution is -2.30. The van der Waals surface area contributed by atoms with Gasteiger partial charge >= 0.3 is 0 Å². The van der Waals surface area contributed by atoms with Crippen LogP contribution in [0.1, 0.15) is 18.4 Å². The average Bonchev–Trinajstić information content (AvgIpc) is 2.58. The normalized spacial score (nSPS) is 16.3. The topological polar surface area (TPSA) is 21.7 Å². The molecule has 1 aromatic carbocycles. The Bertz CT molecular complexity index is 534. The van der Waals surface area contributed by atoms with Gasteiger partial charge in [-0.25, -0.2) is 0 Å². The number of hydrogen-bond donors (Lipinski definition) is 0. The molecule has 0 amide bonds. The van der Waals surface area contributed by atoms with Crippen LogP contribution in [0.3, 0.4) is 0 Å². The van der Waals surface area contributed by atoms with Gasteiger partial charge in [0, 0.05) is 32.0 Å². The maximum Gasteiger partial charge on any atom is 0.124 e. The predicted octanol–water partition coefficient (Wildman–Crippen LogP) is 5.11. The molecule has 1 heterocycles. The van der Waals surface area contributed by atoms with Gasteiger partial charge in [0.05, 0.1) is 16.7 Å². The molecule has 0 spiro atoms. The largest absolute Gasteiger partial charge is 0.489 e. The molecular formula is C18H25Cl2NO2S. The zero-order valence-electron chi connectivity index (χ0n) is 14.1. The molecule has 0 atom stereocenters. The molecule has 6 heteroatoms. The fraction of sp³-hybridized carbons (Fsp3) is 0.556. The van der Waals surface area contributed by atoms with Crippen LogP contribution < -0.4 is 4.74 Å². The summed E-state index contributed by atoms with van der Waals surface area (Å²) < 4.78 is 13.3. The molecule has 1 fully saturated rings. The highest BCUT2D eigenvalue weighted by molar-refractivity contribution is 7.97. The minimum atomic E-state index is 0.472. The molecule has 0 bridgehead atoms. The Balaban J connectivity index is 1.91. The first-order valence-corrected chi connectivity index (χ1v) is 9.92. The first-order valence-electron chi connectivity index (χ1n) is 8.22. The summed E-state index contributed by atoms with van der Waals surface area (Å²) in [4.78, 5) is 0. The fourth-order valence-electron chi connectivity index (χ4n) is 2.82. The first kappa shape index (κ1) is 19.9. The van der Waals surface area contributed by atoms with E-state index >= 15 is 0 Å². The van der Waals surface area contributed by atoms with Crippen molar-refractivity contribution in [2.75, 3.05) is 39.2 Å². The van der Waals surface area contributed by atoms with E-state index < -0.39 is 0 Å². The highest BCUT2D eigenvalue weighted by atomic mass is 35.5. The van der Waals surface area contributed by atoms with Crippen LogP contribution in [0.25, 0.3) is 0 Å². The summed E-state index contributed by atoms with van der Waals surface area (Å²) in [5.41, 5.74) is 1.14. The molecule has 2 rings (SSSR count). The van der Waals surface area contributed by atoms with Crippen molar-refractivity contribution in [2.45, 2.75) is 19.3 Å². The lowest BCUT2D eigenvalue weighted by Gasteiger charge is -2.31. The van der Waals surface area contributed by atoms with Crippen LogP contribution in [0.2, 0.25) is 10.0 Å². The zero-order valence-corrected chi connectivity index (χ0v) is 16.4. The van der Waals surface area contributed by atoms with Crippen LogP contribution in [-0.2, 0) is 11.2 Å². The van der Waals surface area contributed by atoms with Gasteiger partial charge in [-0.2, -0.15) is 0 Å². The SMILES string of the molecule is C=CCOc1cc(Cl)c(Cl)cc1CC1CCN(SCCOC)CC1. The number of ether oxygens (including phenoxy) is 2. The Morgan fingerprint density at radius 3 is 2.67 bits per heavy atom. The van der Waals surface area contributed by atoms with Crippen LogP contribution in [0, 0.1) is 5.92 Å². The Morgan fingerprint density at radius 1 is 1.29 bits per heavy atom. The predicted molar refractivity (Wildman–Crippen MR) is 104 cm³/mol. The van der Waals surface area contributed by atoms with Gasteiger partial charge in [-0.1, -0.05) is 47.8 Å². The number of rotatable bonds is 9. The molecule has 0 unspecified atom stereocenters. The van der Waals surface area contributed by atoms with Gasteiger partial charge in [-0.3, -0.25) is 4.31 Å². The molecule has 0 aliphatic carbocycles. The third-order valence-electron chi connectivity index (χ3n) is 4.10. The van der Waals surface area contributed by atoms with Crippen molar-refractivity contribution in [1.29, 1.82) is 0 Å². The van der Waals surface area contributed by atoms with Gasteiger partial charge < -0.3 is 9.47 Å². The van der Waals surface area contributed by atoms with E-state index in [1.165, 1.54) is 12.8 Å². The summed E-state index contributed by atoms with van der Waals surface area (Å²) in [5, 5.41) is 1.12. The van der Waals surface area contributed by atoms with Crippen LogP contribution in [0.5, 0.6) is 5.75 Å². The van der Waals surface area contributed by atoms with Gasteiger partial charge in [-0.05, 0) is 36.8 Å². The molecule has 24 heavy (non-hydrogen) atoms. The monoisotopic (exact) mass is 389 g/mol. The molecule has 3 nitrogen and oxygen atoms in total. The molecule has 134 valence electrons. The third kappa shape index (κ3) is 6.16. The van der Waals surface area contributed by atoms with Crippen molar-refractivity contribution in [2.24, 2.45) is 5.92 Å². The minimum Gasteiger partial charge on any atom is -0.489 e. The highest BCUT2D eigenvalue weighted by Gasteiger charge is 2.21. The lowest BCUT2D eigenvalue weighted by molar-refractivity contribution is 0.217. The smallest absolute Gasteiger partial charge is 0.124 e. The van der Waals surface area contributed by atoms with E-state index in [2.05, 4.69) is 10.9 Å². The van der Waals surface area contributed by atoms with Crippen molar-refractivity contribution in [1.82, 2.24) is 4.31 Å². The quantitative estimate of drug-likeness (QED) is 0.332. The Labute approximate surface area is 159 Å². The number of piperidine rings is 1. The zero-order chi connectivity index (χ0) is 17.4. The second-order valence-electron chi connectivity index (χ2n) is 5.88. The molecule has 0 saturated carbocycles. The summed E-state index contributed by atoms with van der Waals surface area (Å²) in [5.74, 6) is 2.49. The van der Waals surface area contributed by atoms with Gasteiger partial charge in [-0.15, -0.1) is 0 Å². The molecule has 0 radical (unpaired) electrons. The lowest BCUT2D eigenvalue weighted by atomic mass is 9.90. The average molecular weight is 390 g/mol. The van der Waals surface area contributed by atoms with Crippen molar-refractivity contribution in [3.05, 3.63) is 40.4 Å². The van der Waals surface area contributed by atoms with Crippen molar-refractivity contribution < 1.29 is 9.47 Å². The molecular weight excluding hydrogens is 365 g/mol. The molecule has 1 saturated heterocycles. The number of benzene rings is 1. The van der Waals surface area contributed by atoms with Gasteiger partial charge in [0.15, 0.2) is 0 Å². The van der Waals surface area contributed by atoms with Crippen LogP contribution in [-0.4, -0.2) is 43.5 Å². The second kappa shape index (κ2) is 10.6. The molecule has 0 N–H and O–H groups in total. The van der Waals surface area contributed by atoms with Gasteiger partial charge in [0.25, 0.3) is 0 Å². The first-order chi connectivity index (χ1) is 11.6. The summed E-state index contributed by atoms with van der Waals surface area (Å²) in [7, 11) is 1.75. The number of hydrogen-bond acceptors (Lipinski definition) is 4. The summed E-state index contributed by atoms with van der Waals surface area (Å²) in [6, 6.07) is 3.76. The van der Waals surface area contributed by atoms with E-state index in [1.807, 2.05) is 24.1 Å². The van der Waals surface area contributed by atoms with Gasteiger partial charge in [0.2, 0.25) is 0 Å². The minimum absolute atomic E-state index is 0.472. The standard InChI is InChI=1S/C18H25Cl2NO2S/c1-3-8-23-18-13-17(20)16(19)12-15(18)11-14-4-6-21(7-5-14)24-10-9-22-2/h3,12-14H,1,4-11H2,2H3. The van der Waals surface area contributed by atoms with Crippen molar-refractivity contribution in [3.63, 3.8) is 0 Å². The Kier molecular flexibility index (Phi) is 8.77. The van der Waals surface area contributed by atoms with Crippen molar-refractivity contribution in [3.8, 4) is 5.75 Å². The Morgan fingerprint density at radius 2 is 2.00 bits per heavy atom. The summed E-state index contributed by atoms with van der Waals surface area (Å²) >= 11 is 14.2. The van der Waals surface area contributed by atoms with E-state index in [4.69, 9.17) is 32.7 Å².